The zero-order valence-electron chi connectivity index (χ0n) is 18.7. The molecule has 160 valence electrons. The van der Waals surface area contributed by atoms with Gasteiger partial charge in [-0.25, -0.2) is 0 Å². The third-order valence-electron chi connectivity index (χ3n) is 6.84. The summed E-state index contributed by atoms with van der Waals surface area (Å²) >= 11 is 3.55. The predicted octanol–water partition coefficient (Wildman–Crippen LogP) is 7.25. The van der Waals surface area contributed by atoms with E-state index in [1.165, 1.54) is 38.5 Å². The Morgan fingerprint density at radius 3 is 2.33 bits per heavy atom. The average molecular weight is 446 g/mol. The van der Waals surface area contributed by atoms with Crippen LogP contribution in [0, 0.1) is 23.2 Å². The van der Waals surface area contributed by atoms with Gasteiger partial charge in [0, 0.05) is 5.92 Å². The third kappa shape index (κ3) is 7.01. The van der Waals surface area contributed by atoms with Crippen LogP contribution in [0.5, 0.6) is 0 Å². The van der Waals surface area contributed by atoms with Crippen molar-refractivity contribution < 1.29 is 10.2 Å². The van der Waals surface area contributed by atoms with Gasteiger partial charge in [-0.1, -0.05) is 76.0 Å². The van der Waals surface area contributed by atoms with E-state index < -0.39 is 0 Å². The van der Waals surface area contributed by atoms with Gasteiger partial charge in [0.15, 0.2) is 0 Å². The van der Waals surface area contributed by atoms with Crippen molar-refractivity contribution in [3.05, 3.63) is 22.7 Å². The van der Waals surface area contributed by atoms with Crippen LogP contribution in [0.25, 0.3) is 0 Å². The molecule has 0 spiro atoms. The van der Waals surface area contributed by atoms with Crippen LogP contribution in [0.15, 0.2) is 22.7 Å². The lowest BCUT2D eigenvalue weighted by atomic mass is 9.63. The van der Waals surface area contributed by atoms with E-state index in [0.29, 0.717) is 5.41 Å². The molecule has 0 aromatic heterocycles. The van der Waals surface area contributed by atoms with E-state index in [-0.39, 0.29) is 18.6 Å². The molecule has 0 aromatic rings. The van der Waals surface area contributed by atoms with Gasteiger partial charge in [-0.05, 0) is 72.8 Å². The summed E-state index contributed by atoms with van der Waals surface area (Å²) in [4.78, 5) is 2.22. The highest BCUT2D eigenvalue weighted by atomic mass is 79.9. The summed E-state index contributed by atoms with van der Waals surface area (Å²) < 4.78 is 0. The zero-order chi connectivity index (χ0) is 21.0. The van der Waals surface area contributed by atoms with Crippen LogP contribution in [-0.2, 0) is 0 Å². The second-order valence-electron chi connectivity index (χ2n) is 8.09. The molecule has 2 saturated carbocycles. The van der Waals surface area contributed by atoms with Crippen molar-refractivity contribution in [2.24, 2.45) is 23.2 Å². The maximum Gasteiger partial charge on any atom is 0.0642 e. The minimum absolute atomic E-state index is 0.0183. The molecule has 0 heterocycles. The molecular weight excluding hydrogens is 400 g/mol. The maximum atomic E-state index is 9.45. The molecule has 5 unspecified atom stereocenters. The Morgan fingerprint density at radius 2 is 1.89 bits per heavy atom. The molecule has 5 atom stereocenters. The van der Waals surface area contributed by atoms with Gasteiger partial charge >= 0.3 is 0 Å². The van der Waals surface area contributed by atoms with Crippen LogP contribution >= 0.6 is 15.9 Å². The van der Waals surface area contributed by atoms with Gasteiger partial charge in [0.05, 0.1) is 12.7 Å². The molecule has 3 heteroatoms. The monoisotopic (exact) mass is 444 g/mol. The van der Waals surface area contributed by atoms with Crippen LogP contribution in [0.2, 0.25) is 0 Å². The topological polar surface area (TPSA) is 40.5 Å². The molecule has 0 aliphatic heterocycles. The lowest BCUT2D eigenvalue weighted by Crippen LogP contribution is -2.32. The van der Waals surface area contributed by atoms with Crippen molar-refractivity contribution in [3.63, 3.8) is 0 Å². The molecule has 0 amide bonds. The lowest BCUT2D eigenvalue weighted by molar-refractivity contribution is 0.112. The first kappa shape index (κ1) is 26.9. The van der Waals surface area contributed by atoms with Gasteiger partial charge in [0.25, 0.3) is 0 Å². The van der Waals surface area contributed by atoms with E-state index in [1.807, 2.05) is 27.7 Å². The van der Waals surface area contributed by atoms with Crippen LogP contribution in [-0.4, -0.2) is 22.9 Å². The number of hydrogen-bond acceptors (Lipinski definition) is 2. The van der Waals surface area contributed by atoms with Gasteiger partial charge in [0.1, 0.15) is 0 Å². The van der Waals surface area contributed by atoms with Crippen LogP contribution in [0.4, 0.5) is 0 Å². The van der Waals surface area contributed by atoms with Crippen molar-refractivity contribution in [1.82, 2.24) is 0 Å². The minimum atomic E-state index is -0.348. The molecular formula is C24H45BrO2. The van der Waals surface area contributed by atoms with Gasteiger partial charge in [0.2, 0.25) is 0 Å². The van der Waals surface area contributed by atoms with E-state index in [1.54, 1.807) is 5.57 Å². The quantitative estimate of drug-likeness (QED) is 0.423. The summed E-state index contributed by atoms with van der Waals surface area (Å²) in [5.74, 6) is 1.93. The summed E-state index contributed by atoms with van der Waals surface area (Å²) in [6, 6.07) is 0. The lowest BCUT2D eigenvalue weighted by Gasteiger charge is -2.42. The average Bonchev–Trinajstić information content (AvgIpc) is 3.06. The van der Waals surface area contributed by atoms with Gasteiger partial charge in [-0.2, -0.15) is 0 Å². The summed E-state index contributed by atoms with van der Waals surface area (Å²) in [7, 11) is 0. The Kier molecular flexibility index (Phi) is 13.9. The molecule has 0 aromatic carbocycles. The van der Waals surface area contributed by atoms with E-state index in [4.69, 9.17) is 5.11 Å². The Bertz CT molecular complexity index is 446. The van der Waals surface area contributed by atoms with Gasteiger partial charge in [-0.3, -0.25) is 0 Å². The molecule has 2 rings (SSSR count). The smallest absolute Gasteiger partial charge is 0.0642 e. The molecule has 2 N–H and O–H groups in total. The van der Waals surface area contributed by atoms with E-state index in [9.17, 15) is 5.11 Å². The predicted molar refractivity (Wildman–Crippen MR) is 123 cm³/mol. The highest BCUT2D eigenvalue weighted by Gasteiger charge is 2.48. The second kappa shape index (κ2) is 14.0. The normalized spacial score (nSPS) is 30.3. The van der Waals surface area contributed by atoms with Crippen LogP contribution in [0.1, 0.15) is 92.9 Å². The highest BCUT2D eigenvalue weighted by Crippen LogP contribution is 2.58. The molecule has 0 radical (unpaired) electrons. The number of rotatable bonds is 6. The highest BCUT2D eigenvalue weighted by molar-refractivity contribution is 9.11. The first-order chi connectivity index (χ1) is 12.9. The van der Waals surface area contributed by atoms with Crippen molar-refractivity contribution in [1.29, 1.82) is 0 Å². The standard InChI is InChI=1S/C13H21Br.C9H18O2.C2H6/c1-3-11-6-7-12-10(9-14)5-4-8-13(11,12)2;1-4-8(7(3)6-10)9(11)5-2;1-2/h9,11-12H,3-8H2,1-2H3;8-11H,3-6H2,1-2H3;1-2H3/b10-9+;;. The molecule has 2 aliphatic carbocycles. The SMILES string of the molecule is C=C(CO)C(CC)C(O)CC.CC.CCC1CCC2/C(=C/Br)CCCC12C. The van der Waals surface area contributed by atoms with Gasteiger partial charge < -0.3 is 10.2 Å². The maximum absolute atomic E-state index is 9.45. The number of fused-ring (bicyclic) bond motifs is 1. The Morgan fingerprint density at radius 1 is 1.26 bits per heavy atom. The van der Waals surface area contributed by atoms with E-state index in [0.717, 1.165) is 30.3 Å². The van der Waals surface area contributed by atoms with Crippen LogP contribution < -0.4 is 0 Å². The Labute approximate surface area is 177 Å². The molecule has 0 bridgehead atoms. The Hall–Kier alpha value is -0.120. The fourth-order valence-corrected chi connectivity index (χ4v) is 5.73. The van der Waals surface area contributed by atoms with Crippen molar-refractivity contribution in [2.45, 2.75) is 99.0 Å². The first-order valence-corrected chi connectivity index (χ1v) is 12.1. The summed E-state index contributed by atoms with van der Waals surface area (Å²) in [6.45, 7) is 16.5. The molecule has 0 saturated heterocycles. The third-order valence-corrected chi connectivity index (χ3v) is 7.43. The van der Waals surface area contributed by atoms with Crippen molar-refractivity contribution >= 4 is 15.9 Å². The Balaban J connectivity index is 0.000000473. The number of halogens is 1. The summed E-state index contributed by atoms with van der Waals surface area (Å²) in [5.41, 5.74) is 3.06. The molecule has 2 aliphatic rings. The first-order valence-electron chi connectivity index (χ1n) is 11.1. The fourth-order valence-electron chi connectivity index (χ4n) is 5.18. The largest absolute Gasteiger partial charge is 0.393 e. The minimum Gasteiger partial charge on any atom is -0.393 e. The molecule has 2 fully saturated rings. The fraction of sp³-hybridized carbons (Fsp3) is 0.833. The number of allylic oxidation sites excluding steroid dienone is 1. The van der Waals surface area contributed by atoms with Crippen LogP contribution in [0.3, 0.4) is 0 Å². The van der Waals surface area contributed by atoms with E-state index in [2.05, 4.69) is 41.3 Å². The number of aliphatic hydroxyl groups is 2. The number of hydrogen-bond donors (Lipinski definition) is 2. The second-order valence-corrected chi connectivity index (χ2v) is 8.54. The molecule has 27 heavy (non-hydrogen) atoms. The number of aliphatic hydroxyl groups excluding tert-OH is 2. The zero-order valence-corrected chi connectivity index (χ0v) is 20.3. The summed E-state index contributed by atoms with van der Waals surface area (Å²) in [6.07, 6.45) is 9.69. The van der Waals surface area contributed by atoms with Crippen molar-refractivity contribution in [2.75, 3.05) is 6.61 Å². The van der Waals surface area contributed by atoms with E-state index >= 15 is 0 Å². The van der Waals surface area contributed by atoms with Gasteiger partial charge in [-0.15, -0.1) is 0 Å². The molecule has 2 nitrogen and oxygen atoms in total. The summed E-state index contributed by atoms with van der Waals surface area (Å²) in [5, 5.41) is 18.2. The van der Waals surface area contributed by atoms with Crippen molar-refractivity contribution in [3.8, 4) is 0 Å².